The summed E-state index contributed by atoms with van der Waals surface area (Å²) in [6, 6.07) is 23.4. The number of nitrogens with zero attached hydrogens (tertiary/aromatic N) is 2. The van der Waals surface area contributed by atoms with Crippen molar-refractivity contribution < 1.29 is 14.4 Å². The molecule has 39 heavy (non-hydrogen) atoms. The number of hydrogen-bond acceptors (Lipinski definition) is 6. The van der Waals surface area contributed by atoms with Crippen molar-refractivity contribution in [1.82, 2.24) is 4.57 Å². The van der Waals surface area contributed by atoms with Crippen molar-refractivity contribution in [3.05, 3.63) is 110 Å². The van der Waals surface area contributed by atoms with Crippen LogP contribution >= 0.6 is 34.7 Å². The zero-order valence-electron chi connectivity index (χ0n) is 20.7. The van der Waals surface area contributed by atoms with E-state index in [-0.39, 0.29) is 29.1 Å². The molecular formula is C29H22ClN3O4S2. The second-order valence-electron chi connectivity index (χ2n) is 9.48. The number of hydrogen-bond donors (Lipinski definition) is 1. The summed E-state index contributed by atoms with van der Waals surface area (Å²) in [5.74, 6) is -2.14. The van der Waals surface area contributed by atoms with E-state index >= 15 is 0 Å². The van der Waals surface area contributed by atoms with Crippen LogP contribution in [0.25, 0.3) is 0 Å². The minimum absolute atomic E-state index is 0.219. The second-order valence-corrected chi connectivity index (χ2v) is 12.0. The van der Waals surface area contributed by atoms with Gasteiger partial charge in [-0.3, -0.25) is 23.7 Å². The Labute approximate surface area is 237 Å². The van der Waals surface area contributed by atoms with E-state index in [0.717, 1.165) is 22.5 Å². The fraction of sp³-hybridized carbons (Fsp3) is 0.172. The molecule has 10 heteroatoms. The number of rotatable bonds is 5. The van der Waals surface area contributed by atoms with E-state index in [1.807, 2.05) is 49.4 Å². The van der Waals surface area contributed by atoms with Gasteiger partial charge in [0.25, 0.3) is 0 Å². The molecule has 1 N–H and O–H groups in total. The van der Waals surface area contributed by atoms with Gasteiger partial charge in [0, 0.05) is 21.5 Å². The lowest BCUT2D eigenvalue weighted by atomic mass is 9.83. The van der Waals surface area contributed by atoms with E-state index in [1.54, 1.807) is 36.4 Å². The first kappa shape index (κ1) is 25.6. The summed E-state index contributed by atoms with van der Waals surface area (Å²) < 4.78 is 1.41. The maximum Gasteiger partial charge on any atom is 0.308 e. The fourth-order valence-electron chi connectivity index (χ4n) is 5.10. The molecule has 3 amide bonds. The number of amides is 3. The molecule has 3 heterocycles. The number of carbonyl (C=O) groups is 3. The van der Waals surface area contributed by atoms with E-state index < -0.39 is 17.1 Å². The fourth-order valence-corrected chi connectivity index (χ4v) is 8.00. The van der Waals surface area contributed by atoms with Gasteiger partial charge in [-0.2, -0.15) is 0 Å². The lowest BCUT2D eigenvalue weighted by molar-refractivity contribution is -0.122. The number of fused-ring (bicyclic) bond motifs is 2. The average Bonchev–Trinajstić information content (AvgIpc) is 3.37. The third kappa shape index (κ3) is 4.60. The Kier molecular flexibility index (Phi) is 6.66. The molecule has 2 aliphatic heterocycles. The summed E-state index contributed by atoms with van der Waals surface area (Å²) in [6.07, 6.45) is 0. The molecule has 0 radical (unpaired) electrons. The molecule has 196 valence electrons. The summed E-state index contributed by atoms with van der Waals surface area (Å²) in [4.78, 5) is 55.4. The summed E-state index contributed by atoms with van der Waals surface area (Å²) in [7, 11) is 0. The number of nitrogens with one attached hydrogen (secondary N) is 1. The highest BCUT2D eigenvalue weighted by Crippen LogP contribution is 2.53. The minimum atomic E-state index is -0.726. The topological polar surface area (TPSA) is 88.5 Å². The van der Waals surface area contributed by atoms with E-state index in [1.165, 1.54) is 21.2 Å². The molecule has 0 spiro atoms. The lowest BCUT2D eigenvalue weighted by Gasteiger charge is -2.30. The van der Waals surface area contributed by atoms with Crippen LogP contribution in [0.4, 0.5) is 11.4 Å². The Bertz CT molecular complexity index is 1650. The van der Waals surface area contributed by atoms with Crippen molar-refractivity contribution in [3.63, 3.8) is 0 Å². The van der Waals surface area contributed by atoms with E-state index in [2.05, 4.69) is 5.32 Å². The van der Waals surface area contributed by atoms with Crippen molar-refractivity contribution in [1.29, 1.82) is 0 Å². The van der Waals surface area contributed by atoms with E-state index in [4.69, 9.17) is 11.6 Å². The summed E-state index contributed by atoms with van der Waals surface area (Å²) >= 11 is 8.17. The Morgan fingerprint density at radius 1 is 0.923 bits per heavy atom. The molecular weight excluding hydrogens is 554 g/mol. The van der Waals surface area contributed by atoms with Crippen molar-refractivity contribution in [2.24, 2.45) is 5.92 Å². The Hall–Kier alpha value is -3.66. The smallest absolute Gasteiger partial charge is 0.308 e. The Morgan fingerprint density at radius 3 is 2.31 bits per heavy atom. The van der Waals surface area contributed by atoms with Gasteiger partial charge in [0.2, 0.25) is 17.7 Å². The first-order valence-electron chi connectivity index (χ1n) is 12.3. The van der Waals surface area contributed by atoms with Gasteiger partial charge in [0.15, 0.2) is 0 Å². The van der Waals surface area contributed by atoms with Gasteiger partial charge in [-0.05, 0) is 48.9 Å². The predicted molar refractivity (Wildman–Crippen MR) is 154 cm³/mol. The molecule has 0 bridgehead atoms. The van der Waals surface area contributed by atoms with E-state index in [0.29, 0.717) is 26.3 Å². The standard InChI is InChI=1S/C29H22ClN3O4S2/c1-16-7-13-20(14-8-16)33-26(35)23-22(17-5-3-2-4-6-17)25-28(38-24(23)27(33)36)32(29(37)39-25)15-21(34)31-19-11-9-18(30)10-12-19/h2-14,22-24H,15H2,1H3,(H,31,34)/t22-,23?,24?/m1/s1. The highest BCUT2D eigenvalue weighted by Gasteiger charge is 2.56. The Balaban J connectivity index is 1.39. The zero-order valence-corrected chi connectivity index (χ0v) is 23.1. The molecule has 0 saturated carbocycles. The van der Waals surface area contributed by atoms with Gasteiger partial charge in [-0.1, -0.05) is 82.7 Å². The number of benzene rings is 3. The molecule has 1 fully saturated rings. The minimum Gasteiger partial charge on any atom is -0.325 e. The first-order valence-corrected chi connectivity index (χ1v) is 14.3. The van der Waals surface area contributed by atoms with Crippen LogP contribution in [-0.2, 0) is 20.9 Å². The van der Waals surface area contributed by atoms with Gasteiger partial charge in [-0.25, -0.2) is 4.90 Å². The molecule has 3 atom stereocenters. The van der Waals surface area contributed by atoms with Crippen LogP contribution < -0.4 is 15.1 Å². The highest BCUT2D eigenvalue weighted by molar-refractivity contribution is 8.00. The van der Waals surface area contributed by atoms with Gasteiger partial charge in [0.05, 0.1) is 16.6 Å². The molecule has 6 rings (SSSR count). The van der Waals surface area contributed by atoms with Crippen LogP contribution in [0.15, 0.2) is 88.7 Å². The molecule has 2 unspecified atom stereocenters. The van der Waals surface area contributed by atoms with Crippen LogP contribution in [0, 0.1) is 12.8 Å². The quantitative estimate of drug-likeness (QED) is 0.326. The summed E-state index contributed by atoms with van der Waals surface area (Å²) in [6.45, 7) is 1.72. The number of imide groups is 1. The van der Waals surface area contributed by atoms with Crippen molar-refractivity contribution in [3.8, 4) is 0 Å². The number of anilines is 2. The van der Waals surface area contributed by atoms with Crippen molar-refractivity contribution in [2.45, 2.75) is 29.7 Å². The number of carbonyl (C=O) groups excluding carboxylic acids is 3. The molecule has 7 nitrogen and oxygen atoms in total. The van der Waals surface area contributed by atoms with Gasteiger partial charge in [0.1, 0.15) is 11.8 Å². The molecule has 2 aliphatic rings. The lowest BCUT2D eigenvalue weighted by Crippen LogP contribution is -2.33. The SMILES string of the molecule is Cc1ccc(N2C(=O)C3Sc4c(sc(=O)n4CC(=O)Nc4ccc(Cl)cc4)[C@H](c4ccccc4)C3C2=O)cc1. The summed E-state index contributed by atoms with van der Waals surface area (Å²) in [5, 5.41) is 3.16. The number of aromatic nitrogens is 1. The van der Waals surface area contributed by atoms with Crippen LogP contribution in [0.2, 0.25) is 5.02 Å². The Morgan fingerprint density at radius 2 is 1.62 bits per heavy atom. The molecule has 1 saturated heterocycles. The number of aryl methyl sites for hydroxylation is 1. The monoisotopic (exact) mass is 575 g/mol. The number of thiazole rings is 1. The highest BCUT2D eigenvalue weighted by atomic mass is 35.5. The number of halogens is 1. The maximum absolute atomic E-state index is 13.9. The number of thioether (sulfide) groups is 1. The average molecular weight is 576 g/mol. The zero-order chi connectivity index (χ0) is 27.3. The van der Waals surface area contributed by atoms with Gasteiger partial charge < -0.3 is 5.32 Å². The molecule has 1 aromatic heterocycles. The van der Waals surface area contributed by atoms with Gasteiger partial charge in [-0.15, -0.1) is 0 Å². The molecule has 4 aromatic rings. The predicted octanol–water partition coefficient (Wildman–Crippen LogP) is 5.31. The third-order valence-electron chi connectivity index (χ3n) is 6.93. The maximum atomic E-state index is 13.9. The second kappa shape index (κ2) is 10.1. The largest absolute Gasteiger partial charge is 0.325 e. The first-order chi connectivity index (χ1) is 18.8. The van der Waals surface area contributed by atoms with Crippen molar-refractivity contribution >= 4 is 63.8 Å². The third-order valence-corrected chi connectivity index (χ3v) is 9.79. The van der Waals surface area contributed by atoms with Crippen LogP contribution in [0.5, 0.6) is 0 Å². The molecule has 3 aromatic carbocycles. The van der Waals surface area contributed by atoms with Crippen LogP contribution in [-0.4, -0.2) is 27.5 Å². The van der Waals surface area contributed by atoms with Crippen LogP contribution in [0.1, 0.15) is 21.9 Å². The van der Waals surface area contributed by atoms with E-state index in [9.17, 15) is 19.2 Å². The van der Waals surface area contributed by atoms with Crippen LogP contribution in [0.3, 0.4) is 0 Å². The van der Waals surface area contributed by atoms with Gasteiger partial charge >= 0.3 is 4.87 Å². The summed E-state index contributed by atoms with van der Waals surface area (Å²) in [5.41, 5.74) is 2.96. The normalized spacial score (nSPS) is 20.1. The molecule has 0 aliphatic carbocycles. The van der Waals surface area contributed by atoms with Crippen molar-refractivity contribution in [2.75, 3.05) is 10.2 Å².